The molecule has 198 valence electrons. The number of aliphatic hydroxyl groups excluding tert-OH is 1. The third kappa shape index (κ3) is 6.80. The van der Waals surface area contributed by atoms with E-state index in [1.807, 2.05) is 0 Å². The second kappa shape index (κ2) is 11.5. The summed E-state index contributed by atoms with van der Waals surface area (Å²) in [6, 6.07) is 8.79. The number of carbonyl (C=O) groups is 1. The van der Waals surface area contributed by atoms with Crippen molar-refractivity contribution in [3.63, 3.8) is 0 Å². The van der Waals surface area contributed by atoms with Crippen molar-refractivity contribution in [2.45, 2.75) is 56.5 Å². The summed E-state index contributed by atoms with van der Waals surface area (Å²) in [7, 11) is 0. The van der Waals surface area contributed by atoms with Crippen molar-refractivity contribution in [3.8, 4) is 5.75 Å². The molecule has 1 aliphatic rings. The summed E-state index contributed by atoms with van der Waals surface area (Å²) in [6.07, 6.45) is -4.22. The molecular weight excluding hydrogens is 538 g/mol. The molecule has 15 heteroatoms. The average molecular weight is 565 g/mol. The lowest BCUT2D eigenvalue weighted by Gasteiger charge is -2.28. The van der Waals surface area contributed by atoms with Crippen LogP contribution < -0.4 is 21.0 Å². The summed E-state index contributed by atoms with van der Waals surface area (Å²) in [5.74, 6) is -0.320. The number of benzene rings is 1. The highest BCUT2D eigenvalue weighted by molar-refractivity contribution is 8.09. The maximum absolute atomic E-state index is 15.3. The molecule has 11 nitrogen and oxygen atoms in total. The molecule has 0 radical (unpaired) electrons. The van der Waals surface area contributed by atoms with Crippen LogP contribution >= 0.6 is 18.2 Å². The molecule has 36 heavy (non-hydrogen) atoms. The minimum atomic E-state index is -3.49. The van der Waals surface area contributed by atoms with Gasteiger partial charge >= 0.3 is 18.3 Å². The van der Waals surface area contributed by atoms with E-state index in [0.717, 1.165) is 10.8 Å². The Morgan fingerprint density at radius 2 is 2.06 bits per heavy atom. The Labute approximate surface area is 216 Å². The van der Waals surface area contributed by atoms with Gasteiger partial charge in [0.15, 0.2) is 6.23 Å². The fourth-order valence-electron chi connectivity index (χ4n) is 3.22. The van der Waals surface area contributed by atoms with E-state index in [9.17, 15) is 14.7 Å². The number of nitrogens with zero attached hydrogens (tertiary/aromatic N) is 2. The minimum absolute atomic E-state index is 0.0800. The first-order chi connectivity index (χ1) is 16.8. The first-order valence-electron chi connectivity index (χ1n) is 10.9. The number of nitrogens with two attached hydrogens (primary N) is 1. The summed E-state index contributed by atoms with van der Waals surface area (Å²) in [4.78, 5) is 28.0. The first-order valence-corrected chi connectivity index (χ1v) is 13.9. The topological polar surface area (TPSA) is 147 Å². The van der Waals surface area contributed by atoms with Gasteiger partial charge in [0.2, 0.25) is 0 Å². The van der Waals surface area contributed by atoms with Crippen LogP contribution in [0.1, 0.15) is 27.0 Å². The van der Waals surface area contributed by atoms with Crippen LogP contribution in [0.5, 0.6) is 5.75 Å². The van der Waals surface area contributed by atoms with Crippen molar-refractivity contribution in [1.82, 2.24) is 14.6 Å². The molecule has 0 spiro atoms. The van der Waals surface area contributed by atoms with E-state index in [4.69, 9.17) is 47.7 Å². The standard InChI is InChI=1S/C21H27ClFN4O7PS/c1-12(2)32-18(29)13(3)26-35(36,34-14-7-5-4-6-8-14)31-11-15-17(28)21(22,23)19(33-15)27-10-9-16(24)25-20(27)30/h4-10,12-13,15,17,19,28H,11H2,1-3H3,(H,26,36)(H2,24,25,30)/t13-,15-,17-,19-,21-,35-/m1/s1. The summed E-state index contributed by atoms with van der Waals surface area (Å²) in [5.41, 5.74) is 4.55. The van der Waals surface area contributed by atoms with Crippen LogP contribution in [0, 0.1) is 0 Å². The van der Waals surface area contributed by atoms with Crippen molar-refractivity contribution < 1.29 is 32.8 Å². The number of halogens is 2. The van der Waals surface area contributed by atoms with Crippen LogP contribution in [0.2, 0.25) is 0 Å². The van der Waals surface area contributed by atoms with E-state index < -0.39 is 54.5 Å². The Kier molecular flexibility index (Phi) is 9.10. The van der Waals surface area contributed by atoms with Crippen LogP contribution in [-0.2, 0) is 30.6 Å². The van der Waals surface area contributed by atoms with Gasteiger partial charge < -0.3 is 29.4 Å². The number of aromatic nitrogens is 2. The summed E-state index contributed by atoms with van der Waals surface area (Å²) in [6.45, 7) is 0.933. The van der Waals surface area contributed by atoms with E-state index in [0.29, 0.717) is 5.75 Å². The van der Waals surface area contributed by atoms with Gasteiger partial charge in [-0.3, -0.25) is 9.36 Å². The second-order valence-electron chi connectivity index (χ2n) is 8.22. The normalized spacial score (nSPS) is 26.4. The van der Waals surface area contributed by atoms with Gasteiger partial charge in [-0.2, -0.15) is 4.98 Å². The Balaban J connectivity index is 1.79. The highest BCUT2D eigenvalue weighted by atomic mass is 35.5. The molecule has 1 aliphatic heterocycles. The highest BCUT2D eigenvalue weighted by Gasteiger charge is 2.58. The van der Waals surface area contributed by atoms with E-state index in [-0.39, 0.29) is 11.9 Å². The molecule has 1 saturated heterocycles. The zero-order chi connectivity index (χ0) is 26.7. The fourth-order valence-corrected chi connectivity index (χ4v) is 5.93. The van der Waals surface area contributed by atoms with Crippen molar-refractivity contribution in [3.05, 3.63) is 53.1 Å². The van der Waals surface area contributed by atoms with Gasteiger partial charge in [-0.1, -0.05) is 29.8 Å². The summed E-state index contributed by atoms with van der Waals surface area (Å²) in [5, 5.41) is 10.4. The van der Waals surface area contributed by atoms with Gasteiger partial charge in [0, 0.05) is 6.20 Å². The quantitative estimate of drug-likeness (QED) is 0.222. The average Bonchev–Trinajstić information content (AvgIpc) is 3.01. The van der Waals surface area contributed by atoms with Crippen LogP contribution in [0.4, 0.5) is 10.2 Å². The van der Waals surface area contributed by atoms with Gasteiger partial charge in [-0.05, 0) is 50.8 Å². The number of nitrogen functional groups attached to an aromatic ring is 1. The number of para-hydroxylation sites is 1. The molecule has 0 bridgehead atoms. The van der Waals surface area contributed by atoms with E-state index in [1.54, 1.807) is 44.2 Å². The molecule has 0 aliphatic carbocycles. The number of hydrogen-bond acceptors (Lipinski definition) is 10. The van der Waals surface area contributed by atoms with Crippen LogP contribution in [0.25, 0.3) is 0 Å². The SMILES string of the molecule is CC(C)OC(=O)[C@@H](C)N[P@@](=S)(OC[C@H]1O[C@@H](n2ccc(N)nc2=O)[C@@](F)(Cl)[C@@H]1O)Oc1ccccc1. The summed E-state index contributed by atoms with van der Waals surface area (Å²) < 4.78 is 38.4. The smallest absolute Gasteiger partial charge is 0.351 e. The number of esters is 1. The summed E-state index contributed by atoms with van der Waals surface area (Å²) >= 11 is 11.5. The number of anilines is 1. The number of hydrogen-bond donors (Lipinski definition) is 3. The Morgan fingerprint density at radius 3 is 2.67 bits per heavy atom. The Hall–Kier alpha value is -2.12. The van der Waals surface area contributed by atoms with Crippen molar-refractivity contribution >= 4 is 41.8 Å². The molecule has 2 heterocycles. The van der Waals surface area contributed by atoms with Crippen LogP contribution in [0.15, 0.2) is 47.4 Å². The maximum atomic E-state index is 15.3. The fraction of sp³-hybridized carbons (Fsp3) is 0.476. The highest BCUT2D eigenvalue weighted by Crippen LogP contribution is 2.48. The molecule has 4 N–H and O–H groups in total. The van der Waals surface area contributed by atoms with Crippen LogP contribution in [0.3, 0.4) is 0 Å². The molecule has 1 fully saturated rings. The molecule has 3 rings (SSSR count). The number of aliphatic hydroxyl groups is 1. The van der Waals surface area contributed by atoms with E-state index >= 15 is 4.39 Å². The number of ether oxygens (including phenoxy) is 2. The maximum Gasteiger partial charge on any atom is 0.351 e. The molecule has 0 unspecified atom stereocenters. The molecule has 6 atom stereocenters. The first kappa shape index (κ1) is 28.5. The van der Waals surface area contributed by atoms with Gasteiger partial charge in [0.25, 0.3) is 5.13 Å². The van der Waals surface area contributed by atoms with Crippen molar-refractivity contribution in [2.24, 2.45) is 0 Å². The van der Waals surface area contributed by atoms with Crippen molar-refractivity contribution in [1.29, 1.82) is 0 Å². The largest absolute Gasteiger partial charge is 0.462 e. The molecule has 1 aromatic carbocycles. The van der Waals surface area contributed by atoms with Gasteiger partial charge in [0.1, 0.15) is 29.8 Å². The zero-order valence-corrected chi connectivity index (χ0v) is 22.1. The molecule has 0 amide bonds. The number of nitrogens with one attached hydrogen (secondary N) is 1. The molecule has 2 aromatic rings. The third-order valence-electron chi connectivity index (χ3n) is 4.92. The van der Waals surface area contributed by atoms with E-state index in [1.165, 1.54) is 13.0 Å². The monoisotopic (exact) mass is 564 g/mol. The minimum Gasteiger partial charge on any atom is -0.462 e. The van der Waals surface area contributed by atoms with Gasteiger partial charge in [0.05, 0.1) is 12.7 Å². The molecule has 1 aromatic heterocycles. The number of rotatable bonds is 10. The van der Waals surface area contributed by atoms with Gasteiger partial charge in [-0.15, -0.1) is 0 Å². The third-order valence-corrected chi connectivity index (χ3v) is 7.83. The second-order valence-corrected chi connectivity index (χ2v) is 11.9. The Morgan fingerprint density at radius 1 is 1.39 bits per heavy atom. The van der Waals surface area contributed by atoms with Gasteiger partial charge in [-0.25, -0.2) is 14.3 Å². The molecule has 0 saturated carbocycles. The van der Waals surface area contributed by atoms with E-state index in [2.05, 4.69) is 10.1 Å². The number of alkyl halides is 2. The van der Waals surface area contributed by atoms with Crippen LogP contribution in [-0.4, -0.2) is 56.7 Å². The van der Waals surface area contributed by atoms with Crippen molar-refractivity contribution in [2.75, 3.05) is 12.3 Å². The number of carbonyl (C=O) groups excluding carboxylic acids is 1. The lowest BCUT2D eigenvalue weighted by Crippen LogP contribution is -2.41. The zero-order valence-electron chi connectivity index (χ0n) is 19.6. The Bertz CT molecular complexity index is 1170. The predicted octanol–water partition coefficient (Wildman–Crippen LogP) is 2.24. The lowest BCUT2D eigenvalue weighted by atomic mass is 10.1. The molecular formula is C21H27ClFN4O7PS. The lowest BCUT2D eigenvalue weighted by molar-refractivity contribution is -0.149. The predicted molar refractivity (Wildman–Crippen MR) is 134 cm³/mol.